The van der Waals surface area contributed by atoms with Gasteiger partial charge >= 0.3 is 0 Å². The number of amides is 1. The van der Waals surface area contributed by atoms with Crippen molar-refractivity contribution in [3.8, 4) is 11.5 Å². The Morgan fingerprint density at radius 3 is 2.92 bits per heavy atom. The van der Waals surface area contributed by atoms with Gasteiger partial charge in [-0.05, 0) is 62.4 Å². The van der Waals surface area contributed by atoms with E-state index in [1.54, 1.807) is 7.11 Å². The number of carbonyl (C=O) groups is 1. The van der Waals surface area contributed by atoms with Gasteiger partial charge < -0.3 is 20.1 Å². The summed E-state index contributed by atoms with van der Waals surface area (Å²) in [4.78, 5) is 12.2. The van der Waals surface area contributed by atoms with E-state index in [1.165, 1.54) is 12.8 Å². The number of nitrogens with one attached hydrogen (secondary N) is 2. The van der Waals surface area contributed by atoms with Crippen LogP contribution in [-0.2, 0) is 11.3 Å². The summed E-state index contributed by atoms with van der Waals surface area (Å²) in [6, 6.07) is 5.76. The minimum Gasteiger partial charge on any atom is -0.493 e. The number of ether oxygens (including phenoxy) is 2. The lowest BCUT2D eigenvalue weighted by molar-refractivity contribution is -0.122. The molecule has 5 heteroatoms. The molecule has 1 fully saturated rings. The average molecular weight is 334 g/mol. The standard InChI is InChI=1S/C19H30N2O3/c1-4-24-18-11-15(7-8-17(18)23-3)12-21-19(22)10-14(2)16-6-5-9-20-13-16/h7-8,11,14,16,20H,4-6,9-10,12-13H2,1-3H3,(H,21,22). The van der Waals surface area contributed by atoms with Crippen molar-refractivity contribution in [1.29, 1.82) is 0 Å². The Morgan fingerprint density at radius 2 is 2.25 bits per heavy atom. The molecule has 0 bridgehead atoms. The fourth-order valence-electron chi connectivity index (χ4n) is 3.20. The smallest absolute Gasteiger partial charge is 0.220 e. The second-order valence-corrected chi connectivity index (χ2v) is 6.48. The first-order valence-corrected chi connectivity index (χ1v) is 8.91. The third kappa shape index (κ3) is 5.41. The van der Waals surface area contributed by atoms with Crippen LogP contribution in [-0.4, -0.2) is 32.7 Å². The van der Waals surface area contributed by atoms with E-state index in [2.05, 4.69) is 17.6 Å². The van der Waals surface area contributed by atoms with Crippen molar-refractivity contribution >= 4 is 5.91 Å². The van der Waals surface area contributed by atoms with Crippen molar-refractivity contribution < 1.29 is 14.3 Å². The van der Waals surface area contributed by atoms with Gasteiger partial charge in [-0.25, -0.2) is 0 Å². The number of carbonyl (C=O) groups excluding carboxylic acids is 1. The fourth-order valence-corrected chi connectivity index (χ4v) is 3.20. The van der Waals surface area contributed by atoms with Gasteiger partial charge in [0.1, 0.15) is 0 Å². The largest absolute Gasteiger partial charge is 0.493 e. The van der Waals surface area contributed by atoms with Crippen molar-refractivity contribution in [3.63, 3.8) is 0 Å². The van der Waals surface area contributed by atoms with E-state index >= 15 is 0 Å². The highest BCUT2D eigenvalue weighted by atomic mass is 16.5. The molecule has 0 radical (unpaired) electrons. The molecule has 2 unspecified atom stereocenters. The van der Waals surface area contributed by atoms with E-state index in [4.69, 9.17) is 9.47 Å². The van der Waals surface area contributed by atoms with Gasteiger partial charge in [0.2, 0.25) is 5.91 Å². The molecule has 0 aliphatic carbocycles. The fraction of sp³-hybridized carbons (Fsp3) is 0.632. The maximum atomic E-state index is 12.2. The average Bonchev–Trinajstić information content (AvgIpc) is 2.61. The molecule has 24 heavy (non-hydrogen) atoms. The summed E-state index contributed by atoms with van der Waals surface area (Å²) >= 11 is 0. The van der Waals surface area contributed by atoms with Gasteiger partial charge in [0.15, 0.2) is 11.5 Å². The molecular formula is C19H30N2O3. The number of methoxy groups -OCH3 is 1. The van der Waals surface area contributed by atoms with Gasteiger partial charge in [-0.1, -0.05) is 13.0 Å². The first-order valence-electron chi connectivity index (χ1n) is 8.91. The highest BCUT2D eigenvalue weighted by Gasteiger charge is 2.21. The number of rotatable bonds is 8. The Kier molecular flexibility index (Phi) is 7.37. The third-order valence-electron chi connectivity index (χ3n) is 4.66. The summed E-state index contributed by atoms with van der Waals surface area (Å²) in [5.74, 6) is 2.56. The van der Waals surface area contributed by atoms with Gasteiger partial charge in [-0.15, -0.1) is 0 Å². The molecule has 1 aliphatic heterocycles. The van der Waals surface area contributed by atoms with Crippen LogP contribution < -0.4 is 20.1 Å². The molecule has 0 spiro atoms. The van der Waals surface area contributed by atoms with Gasteiger partial charge in [-0.3, -0.25) is 4.79 Å². The molecule has 0 saturated carbocycles. The van der Waals surface area contributed by atoms with Crippen LogP contribution in [0.4, 0.5) is 0 Å². The zero-order valence-corrected chi connectivity index (χ0v) is 15.1. The topological polar surface area (TPSA) is 59.6 Å². The Morgan fingerprint density at radius 1 is 1.42 bits per heavy atom. The third-order valence-corrected chi connectivity index (χ3v) is 4.66. The number of hydrogen-bond acceptors (Lipinski definition) is 4. The zero-order valence-electron chi connectivity index (χ0n) is 15.1. The predicted octanol–water partition coefficient (Wildman–Crippen LogP) is 2.74. The SMILES string of the molecule is CCOc1cc(CNC(=O)CC(C)C2CCCNC2)ccc1OC. The van der Waals surface area contributed by atoms with E-state index in [1.807, 2.05) is 25.1 Å². The van der Waals surface area contributed by atoms with Crippen LogP contribution in [0.15, 0.2) is 18.2 Å². The monoisotopic (exact) mass is 334 g/mol. The molecular weight excluding hydrogens is 304 g/mol. The maximum absolute atomic E-state index is 12.2. The molecule has 1 heterocycles. The molecule has 2 N–H and O–H groups in total. The molecule has 2 rings (SSSR count). The lowest BCUT2D eigenvalue weighted by atomic mass is 9.85. The molecule has 1 amide bonds. The van der Waals surface area contributed by atoms with Crippen molar-refractivity contribution in [2.45, 2.75) is 39.7 Å². The minimum atomic E-state index is 0.113. The summed E-state index contributed by atoms with van der Waals surface area (Å²) in [5, 5.41) is 6.44. The lowest BCUT2D eigenvalue weighted by Gasteiger charge is -2.28. The van der Waals surface area contributed by atoms with Crippen LogP contribution in [0, 0.1) is 11.8 Å². The van der Waals surface area contributed by atoms with Crippen molar-refractivity contribution in [3.05, 3.63) is 23.8 Å². The minimum absolute atomic E-state index is 0.113. The Balaban J connectivity index is 1.83. The highest BCUT2D eigenvalue weighted by molar-refractivity contribution is 5.76. The zero-order chi connectivity index (χ0) is 17.4. The maximum Gasteiger partial charge on any atom is 0.220 e. The number of hydrogen-bond donors (Lipinski definition) is 2. The summed E-state index contributed by atoms with van der Waals surface area (Å²) in [5.41, 5.74) is 1.01. The molecule has 2 atom stereocenters. The van der Waals surface area contributed by atoms with Gasteiger partial charge in [0.25, 0.3) is 0 Å². The molecule has 0 aromatic heterocycles. The Labute approximate surface area is 145 Å². The van der Waals surface area contributed by atoms with Crippen molar-refractivity contribution in [2.75, 3.05) is 26.8 Å². The van der Waals surface area contributed by atoms with Gasteiger partial charge in [0, 0.05) is 13.0 Å². The number of piperidine rings is 1. The van der Waals surface area contributed by atoms with Crippen molar-refractivity contribution in [2.24, 2.45) is 11.8 Å². The van der Waals surface area contributed by atoms with Crippen LogP contribution in [0.25, 0.3) is 0 Å². The van der Waals surface area contributed by atoms with Crippen LogP contribution in [0.5, 0.6) is 11.5 Å². The Hall–Kier alpha value is -1.75. The molecule has 134 valence electrons. The molecule has 1 aliphatic rings. The second-order valence-electron chi connectivity index (χ2n) is 6.48. The van der Waals surface area contributed by atoms with E-state index < -0.39 is 0 Å². The van der Waals surface area contributed by atoms with Crippen LogP contribution in [0.2, 0.25) is 0 Å². The van der Waals surface area contributed by atoms with Crippen LogP contribution >= 0.6 is 0 Å². The van der Waals surface area contributed by atoms with E-state index in [9.17, 15) is 4.79 Å². The van der Waals surface area contributed by atoms with E-state index in [0.717, 1.165) is 18.7 Å². The molecule has 1 aromatic rings. The van der Waals surface area contributed by atoms with E-state index in [-0.39, 0.29) is 5.91 Å². The highest BCUT2D eigenvalue weighted by Crippen LogP contribution is 2.28. The van der Waals surface area contributed by atoms with Crippen molar-refractivity contribution in [1.82, 2.24) is 10.6 Å². The first kappa shape index (κ1) is 18.6. The second kappa shape index (κ2) is 9.52. The molecule has 1 saturated heterocycles. The summed E-state index contributed by atoms with van der Waals surface area (Å²) < 4.78 is 10.9. The first-order chi connectivity index (χ1) is 11.6. The quantitative estimate of drug-likeness (QED) is 0.767. The summed E-state index contributed by atoms with van der Waals surface area (Å²) in [6.07, 6.45) is 3.02. The normalized spacial score (nSPS) is 18.7. The van der Waals surface area contributed by atoms with Crippen LogP contribution in [0.3, 0.4) is 0 Å². The summed E-state index contributed by atoms with van der Waals surface area (Å²) in [7, 11) is 1.63. The van der Waals surface area contributed by atoms with E-state index in [0.29, 0.717) is 42.9 Å². The van der Waals surface area contributed by atoms with Crippen LogP contribution in [0.1, 0.15) is 38.7 Å². The number of benzene rings is 1. The molecule has 5 nitrogen and oxygen atoms in total. The Bertz CT molecular complexity index is 527. The van der Waals surface area contributed by atoms with Gasteiger partial charge in [0.05, 0.1) is 13.7 Å². The molecule has 1 aromatic carbocycles. The lowest BCUT2D eigenvalue weighted by Crippen LogP contribution is -2.35. The summed E-state index contributed by atoms with van der Waals surface area (Å²) in [6.45, 7) is 7.35. The predicted molar refractivity (Wildman–Crippen MR) is 95.4 cm³/mol. The van der Waals surface area contributed by atoms with Gasteiger partial charge in [-0.2, -0.15) is 0 Å².